The molecule has 1 aromatic carbocycles. The highest BCUT2D eigenvalue weighted by atomic mass is 19.4. The van der Waals surface area contributed by atoms with Gasteiger partial charge in [0.2, 0.25) is 6.10 Å². The van der Waals surface area contributed by atoms with Crippen LogP contribution in [0.1, 0.15) is 23.6 Å². The molecular weight excluding hydrogens is 313 g/mol. The summed E-state index contributed by atoms with van der Waals surface area (Å²) in [6.45, 7) is 3.04. The lowest BCUT2D eigenvalue weighted by molar-refractivity contribution is -0.188. The number of carbonyl (C=O) groups excluding carboxylic acids is 1. The van der Waals surface area contributed by atoms with Crippen molar-refractivity contribution in [2.45, 2.75) is 32.5 Å². The molecule has 4 nitrogen and oxygen atoms in total. The van der Waals surface area contributed by atoms with Gasteiger partial charge in [-0.3, -0.25) is 0 Å². The first-order chi connectivity index (χ1) is 10.8. The molecule has 0 saturated heterocycles. The molecule has 0 radical (unpaired) electrons. The number of hydrogen-bond acceptors (Lipinski definition) is 4. The molecule has 0 amide bonds. The number of carbonyl (C=O) groups is 1. The summed E-state index contributed by atoms with van der Waals surface area (Å²) in [4.78, 5) is 11.9. The molecule has 1 atom stereocenters. The van der Waals surface area contributed by atoms with E-state index in [1.807, 2.05) is 0 Å². The predicted octanol–water partition coefficient (Wildman–Crippen LogP) is 2.80. The van der Waals surface area contributed by atoms with Crippen LogP contribution in [0.5, 0.6) is 5.75 Å². The van der Waals surface area contributed by atoms with Crippen LogP contribution in [0.4, 0.5) is 13.2 Å². The highest BCUT2D eigenvalue weighted by Gasteiger charge is 2.49. The van der Waals surface area contributed by atoms with Crippen molar-refractivity contribution in [1.29, 1.82) is 0 Å². The largest absolute Gasteiger partial charge is 0.475 e. The first kappa shape index (κ1) is 17.3. The maximum atomic E-state index is 13.3. The molecular formula is C16H17F3O4. The van der Waals surface area contributed by atoms with E-state index >= 15 is 0 Å². The van der Waals surface area contributed by atoms with Crippen molar-refractivity contribution in [2.75, 3.05) is 13.2 Å². The number of aliphatic hydroxyl groups excluding tert-OH is 1. The number of rotatable bonds is 4. The summed E-state index contributed by atoms with van der Waals surface area (Å²) in [6.07, 6.45) is -5.81. The third kappa shape index (κ3) is 3.67. The van der Waals surface area contributed by atoms with Gasteiger partial charge in [0.25, 0.3) is 0 Å². The highest BCUT2D eigenvalue weighted by molar-refractivity contribution is 5.96. The minimum Gasteiger partial charge on any atom is -0.475 e. The Morgan fingerprint density at radius 2 is 2.09 bits per heavy atom. The van der Waals surface area contributed by atoms with Gasteiger partial charge in [0.1, 0.15) is 5.75 Å². The smallest absolute Gasteiger partial charge is 0.430 e. The predicted molar refractivity (Wildman–Crippen MR) is 77.0 cm³/mol. The minimum absolute atomic E-state index is 0.0306. The van der Waals surface area contributed by atoms with Crippen LogP contribution < -0.4 is 4.74 Å². The van der Waals surface area contributed by atoms with Crippen LogP contribution in [0, 0.1) is 6.92 Å². The van der Waals surface area contributed by atoms with Gasteiger partial charge in [-0.05, 0) is 43.5 Å². The summed E-state index contributed by atoms with van der Waals surface area (Å²) in [7, 11) is 0. The molecule has 2 rings (SSSR count). The second-order valence-electron chi connectivity index (χ2n) is 5.18. The Morgan fingerprint density at radius 1 is 1.39 bits per heavy atom. The number of halogens is 3. The quantitative estimate of drug-likeness (QED) is 0.863. The fourth-order valence-corrected chi connectivity index (χ4v) is 2.48. The Hall–Kier alpha value is -2.02. The van der Waals surface area contributed by atoms with Crippen molar-refractivity contribution in [3.05, 3.63) is 34.4 Å². The maximum Gasteiger partial charge on any atom is 0.430 e. The molecule has 0 fully saturated rings. The number of aliphatic hydroxyl groups is 1. The summed E-state index contributed by atoms with van der Waals surface area (Å²) in [6, 6.07) is 3.29. The van der Waals surface area contributed by atoms with Crippen LogP contribution in [0.2, 0.25) is 0 Å². The van der Waals surface area contributed by atoms with Crippen molar-refractivity contribution < 1.29 is 32.5 Å². The molecule has 1 unspecified atom stereocenters. The van der Waals surface area contributed by atoms with Gasteiger partial charge in [-0.2, -0.15) is 13.2 Å². The molecule has 23 heavy (non-hydrogen) atoms. The number of benzene rings is 1. The Bertz CT molecular complexity index is 635. The third-order valence-corrected chi connectivity index (χ3v) is 3.36. The zero-order chi connectivity index (χ0) is 17.2. The van der Waals surface area contributed by atoms with E-state index in [2.05, 4.69) is 0 Å². The van der Waals surface area contributed by atoms with Crippen molar-refractivity contribution in [1.82, 2.24) is 0 Å². The van der Waals surface area contributed by atoms with E-state index in [9.17, 15) is 18.0 Å². The summed E-state index contributed by atoms with van der Waals surface area (Å²) in [5.74, 6) is -1.01. The van der Waals surface area contributed by atoms with E-state index in [4.69, 9.17) is 14.6 Å². The van der Waals surface area contributed by atoms with E-state index in [1.54, 1.807) is 19.1 Å². The number of esters is 1. The summed E-state index contributed by atoms with van der Waals surface area (Å²) >= 11 is 0. The fourth-order valence-electron chi connectivity index (χ4n) is 2.48. The normalized spacial score (nSPS) is 17.1. The number of alkyl halides is 3. The monoisotopic (exact) mass is 330 g/mol. The van der Waals surface area contributed by atoms with E-state index < -0.39 is 23.8 Å². The number of aryl methyl sites for hydroxylation is 1. The van der Waals surface area contributed by atoms with Crippen LogP contribution in [0.15, 0.2) is 17.7 Å². The third-order valence-electron chi connectivity index (χ3n) is 3.36. The minimum atomic E-state index is -4.75. The van der Waals surface area contributed by atoms with Gasteiger partial charge < -0.3 is 14.6 Å². The first-order valence-corrected chi connectivity index (χ1v) is 7.14. The Balaban J connectivity index is 2.56. The lowest BCUT2D eigenvalue weighted by Crippen LogP contribution is -2.41. The van der Waals surface area contributed by atoms with Crippen LogP contribution in [0.3, 0.4) is 0 Å². The molecule has 126 valence electrons. The van der Waals surface area contributed by atoms with E-state index in [1.165, 1.54) is 6.92 Å². The number of hydrogen-bond donors (Lipinski definition) is 1. The molecule has 1 N–H and O–H groups in total. The molecule has 0 aliphatic carbocycles. The Morgan fingerprint density at radius 3 is 2.65 bits per heavy atom. The van der Waals surface area contributed by atoms with Crippen LogP contribution in [-0.4, -0.2) is 36.6 Å². The fraction of sp³-hybridized carbons (Fsp3) is 0.438. The van der Waals surface area contributed by atoms with Gasteiger partial charge in [0, 0.05) is 12.2 Å². The van der Waals surface area contributed by atoms with E-state index in [0.717, 1.165) is 11.6 Å². The lowest BCUT2D eigenvalue weighted by Gasteiger charge is -2.29. The molecule has 0 bridgehead atoms. The van der Waals surface area contributed by atoms with E-state index in [0.29, 0.717) is 11.1 Å². The van der Waals surface area contributed by atoms with Crippen molar-refractivity contribution >= 4 is 12.0 Å². The summed E-state index contributed by atoms with van der Waals surface area (Å²) < 4.78 is 49.6. The maximum absolute atomic E-state index is 13.3. The van der Waals surface area contributed by atoms with Gasteiger partial charge in [-0.15, -0.1) is 0 Å². The topological polar surface area (TPSA) is 55.8 Å². The van der Waals surface area contributed by atoms with Gasteiger partial charge in [0.05, 0.1) is 12.2 Å². The average molecular weight is 330 g/mol. The second-order valence-corrected chi connectivity index (χ2v) is 5.18. The van der Waals surface area contributed by atoms with E-state index in [-0.39, 0.29) is 25.4 Å². The Labute approximate surface area is 131 Å². The zero-order valence-corrected chi connectivity index (χ0v) is 12.7. The average Bonchev–Trinajstić information content (AvgIpc) is 2.45. The second kappa shape index (κ2) is 6.62. The van der Waals surface area contributed by atoms with Gasteiger partial charge in [-0.1, -0.05) is 6.07 Å². The molecule has 0 saturated carbocycles. The van der Waals surface area contributed by atoms with Crippen molar-refractivity contribution in [2.24, 2.45) is 0 Å². The number of ether oxygens (including phenoxy) is 2. The summed E-state index contributed by atoms with van der Waals surface area (Å²) in [5.41, 5.74) is 1.06. The standard InChI is InChI=1S/C16H17F3O4/c1-3-22-15(21)12-8-11-7-9(2)6-10(4-5-20)13(11)23-14(12)16(17,18)19/h6-8,14,20H,3-5H2,1-2H3. The molecule has 1 heterocycles. The van der Waals surface area contributed by atoms with Crippen molar-refractivity contribution in [3.8, 4) is 5.75 Å². The lowest BCUT2D eigenvalue weighted by atomic mass is 9.96. The van der Waals surface area contributed by atoms with Gasteiger partial charge in [0.15, 0.2) is 0 Å². The zero-order valence-electron chi connectivity index (χ0n) is 12.7. The first-order valence-electron chi connectivity index (χ1n) is 7.14. The van der Waals surface area contributed by atoms with Gasteiger partial charge in [-0.25, -0.2) is 4.79 Å². The molecule has 0 spiro atoms. The molecule has 7 heteroatoms. The van der Waals surface area contributed by atoms with Crippen molar-refractivity contribution in [3.63, 3.8) is 0 Å². The van der Waals surface area contributed by atoms with Crippen LogP contribution >= 0.6 is 0 Å². The molecule has 1 aromatic rings. The Kier molecular flexibility index (Phi) is 4.99. The highest BCUT2D eigenvalue weighted by Crippen LogP contribution is 2.40. The summed E-state index contributed by atoms with van der Waals surface area (Å²) in [5, 5.41) is 9.08. The van der Waals surface area contributed by atoms with Crippen LogP contribution in [0.25, 0.3) is 6.08 Å². The number of fused-ring (bicyclic) bond motifs is 1. The molecule has 1 aliphatic heterocycles. The van der Waals surface area contributed by atoms with Crippen LogP contribution in [-0.2, 0) is 16.0 Å². The van der Waals surface area contributed by atoms with Gasteiger partial charge >= 0.3 is 12.1 Å². The molecule has 1 aliphatic rings. The molecule has 0 aromatic heterocycles. The SMILES string of the molecule is CCOC(=O)C1=Cc2cc(C)cc(CCO)c2OC1C(F)(F)F.